The van der Waals surface area contributed by atoms with E-state index in [1.807, 2.05) is 12.1 Å². The van der Waals surface area contributed by atoms with Gasteiger partial charge in [0.25, 0.3) is 5.91 Å². The maximum atomic E-state index is 13.0. The smallest absolute Gasteiger partial charge is 0.319 e. The van der Waals surface area contributed by atoms with E-state index in [1.54, 1.807) is 12.1 Å². The molecular formula is C35H46N4O2. The van der Waals surface area contributed by atoms with E-state index in [-0.39, 0.29) is 18.0 Å². The normalized spacial score (nSPS) is 15.1. The Balaban J connectivity index is 1.21. The zero-order valence-electron chi connectivity index (χ0n) is 24.5. The zero-order chi connectivity index (χ0) is 28.7. The van der Waals surface area contributed by atoms with E-state index in [0.29, 0.717) is 30.3 Å². The number of unbranched alkanes of at least 4 members (excludes halogenated alkanes) is 4. The van der Waals surface area contributed by atoms with Crippen LogP contribution >= 0.6 is 0 Å². The van der Waals surface area contributed by atoms with Crippen LogP contribution < -0.4 is 16.0 Å². The van der Waals surface area contributed by atoms with Gasteiger partial charge in [0.1, 0.15) is 0 Å². The van der Waals surface area contributed by atoms with E-state index < -0.39 is 0 Å². The fourth-order valence-electron chi connectivity index (χ4n) is 5.79. The van der Waals surface area contributed by atoms with Crippen LogP contribution in [0.3, 0.4) is 0 Å². The van der Waals surface area contributed by atoms with Crippen LogP contribution in [0.4, 0.5) is 10.5 Å². The van der Waals surface area contributed by atoms with Gasteiger partial charge >= 0.3 is 6.03 Å². The Labute approximate surface area is 245 Å². The highest BCUT2D eigenvalue weighted by Gasteiger charge is 2.29. The number of amides is 3. The fourth-order valence-corrected chi connectivity index (χ4v) is 5.79. The molecule has 3 amide bonds. The van der Waals surface area contributed by atoms with Crippen molar-refractivity contribution in [3.05, 3.63) is 102 Å². The van der Waals surface area contributed by atoms with Crippen molar-refractivity contribution < 1.29 is 9.59 Å². The van der Waals surface area contributed by atoms with Crippen molar-refractivity contribution in [3.8, 4) is 0 Å². The second kappa shape index (κ2) is 16.6. The van der Waals surface area contributed by atoms with Crippen LogP contribution in [0.2, 0.25) is 0 Å². The Bertz CT molecular complexity index is 1160. The van der Waals surface area contributed by atoms with Crippen LogP contribution in [-0.2, 0) is 0 Å². The van der Waals surface area contributed by atoms with Crippen molar-refractivity contribution in [1.82, 2.24) is 15.5 Å². The van der Waals surface area contributed by atoms with Gasteiger partial charge in [-0.2, -0.15) is 0 Å². The van der Waals surface area contributed by atoms with Gasteiger partial charge in [-0.05, 0) is 61.4 Å². The first-order valence-corrected chi connectivity index (χ1v) is 15.4. The minimum atomic E-state index is -0.268. The lowest BCUT2D eigenvalue weighted by molar-refractivity contribution is 0.0953. The summed E-state index contributed by atoms with van der Waals surface area (Å²) in [5.74, 6) is 0.461. The first-order valence-electron chi connectivity index (χ1n) is 15.4. The van der Waals surface area contributed by atoms with E-state index in [4.69, 9.17) is 0 Å². The van der Waals surface area contributed by atoms with Crippen molar-refractivity contribution in [2.75, 3.05) is 31.5 Å². The third kappa shape index (κ3) is 9.46. The Hall–Kier alpha value is -3.64. The first kappa shape index (κ1) is 30.3. The monoisotopic (exact) mass is 554 g/mol. The van der Waals surface area contributed by atoms with E-state index >= 15 is 0 Å². The molecule has 4 rings (SSSR count). The Morgan fingerprint density at radius 2 is 1.41 bits per heavy atom. The Morgan fingerprint density at radius 1 is 0.780 bits per heavy atom. The number of likely N-dealkylation sites (tertiary alicyclic amines) is 1. The lowest BCUT2D eigenvalue weighted by Gasteiger charge is -2.29. The number of para-hydroxylation sites is 1. The molecule has 1 heterocycles. The van der Waals surface area contributed by atoms with Crippen LogP contribution in [0.1, 0.15) is 85.8 Å². The number of benzene rings is 3. The topological polar surface area (TPSA) is 73.5 Å². The van der Waals surface area contributed by atoms with Gasteiger partial charge in [-0.25, -0.2) is 4.79 Å². The minimum Gasteiger partial charge on any atom is -0.352 e. The summed E-state index contributed by atoms with van der Waals surface area (Å²) in [5, 5.41) is 8.83. The number of nitrogens with one attached hydrogen (secondary N) is 3. The molecule has 3 N–H and O–H groups in total. The molecule has 1 saturated heterocycles. The molecule has 218 valence electrons. The SMILES string of the molecule is CCCCCCCNC(=O)Nc1ccccc1C(=O)NCCCC1CCN(C(c2ccccc2)c2ccccc2)C1. The standard InChI is InChI=1S/C35H46N4O2/c1-2-3-4-5-14-24-37-35(41)38-32-22-13-12-21-31(32)34(40)36-25-15-16-28-23-26-39(27-28)33(29-17-8-6-9-18-29)30-19-10-7-11-20-30/h6-13,17-22,28,33H,2-5,14-16,23-27H2,1H3,(H,36,40)(H2,37,38,41). The zero-order valence-corrected chi connectivity index (χ0v) is 24.5. The number of carbonyl (C=O) groups is 2. The first-order chi connectivity index (χ1) is 20.2. The highest BCUT2D eigenvalue weighted by atomic mass is 16.2. The molecule has 0 radical (unpaired) electrons. The third-order valence-corrected chi connectivity index (χ3v) is 7.97. The van der Waals surface area contributed by atoms with Crippen LogP contribution in [0, 0.1) is 5.92 Å². The molecule has 6 nitrogen and oxygen atoms in total. The summed E-state index contributed by atoms with van der Waals surface area (Å²) in [4.78, 5) is 28.0. The minimum absolute atomic E-state index is 0.151. The van der Waals surface area contributed by atoms with Crippen molar-refractivity contribution in [2.45, 2.75) is 64.3 Å². The predicted molar refractivity (Wildman–Crippen MR) is 168 cm³/mol. The average Bonchev–Trinajstić information content (AvgIpc) is 3.47. The van der Waals surface area contributed by atoms with Crippen molar-refractivity contribution in [1.29, 1.82) is 0 Å². The summed E-state index contributed by atoms with van der Waals surface area (Å²) >= 11 is 0. The van der Waals surface area contributed by atoms with Gasteiger partial charge in [0.2, 0.25) is 0 Å². The highest BCUT2D eigenvalue weighted by molar-refractivity contribution is 6.03. The van der Waals surface area contributed by atoms with Crippen LogP contribution in [0.5, 0.6) is 0 Å². The quantitative estimate of drug-likeness (QED) is 0.171. The molecule has 0 saturated carbocycles. The summed E-state index contributed by atoms with van der Waals surface area (Å²) < 4.78 is 0. The Morgan fingerprint density at radius 3 is 2.12 bits per heavy atom. The molecule has 1 unspecified atom stereocenters. The van der Waals surface area contributed by atoms with Crippen LogP contribution in [-0.4, -0.2) is 43.0 Å². The molecule has 1 aliphatic rings. The van der Waals surface area contributed by atoms with Crippen molar-refractivity contribution in [2.24, 2.45) is 5.92 Å². The van der Waals surface area contributed by atoms with E-state index in [1.165, 1.54) is 36.8 Å². The van der Waals surface area contributed by atoms with Gasteiger partial charge in [-0.15, -0.1) is 0 Å². The lowest BCUT2D eigenvalue weighted by atomic mass is 9.97. The number of hydrogen-bond acceptors (Lipinski definition) is 3. The highest BCUT2D eigenvalue weighted by Crippen LogP contribution is 2.34. The average molecular weight is 555 g/mol. The van der Waals surface area contributed by atoms with Gasteiger partial charge in [-0.3, -0.25) is 9.69 Å². The lowest BCUT2D eigenvalue weighted by Crippen LogP contribution is -2.31. The van der Waals surface area contributed by atoms with Crippen LogP contribution in [0.15, 0.2) is 84.9 Å². The third-order valence-electron chi connectivity index (χ3n) is 7.97. The maximum Gasteiger partial charge on any atom is 0.319 e. The summed E-state index contributed by atoms with van der Waals surface area (Å²) in [6.07, 6.45) is 8.90. The van der Waals surface area contributed by atoms with Crippen LogP contribution in [0.25, 0.3) is 0 Å². The molecule has 0 aliphatic carbocycles. The van der Waals surface area contributed by atoms with Crippen molar-refractivity contribution >= 4 is 17.6 Å². The largest absolute Gasteiger partial charge is 0.352 e. The second-order valence-corrected chi connectivity index (χ2v) is 11.1. The molecule has 1 atom stereocenters. The number of urea groups is 1. The fraction of sp³-hybridized carbons (Fsp3) is 0.429. The molecule has 1 aliphatic heterocycles. The van der Waals surface area contributed by atoms with Gasteiger partial charge in [0.15, 0.2) is 0 Å². The molecule has 3 aromatic rings. The predicted octanol–water partition coefficient (Wildman–Crippen LogP) is 7.40. The van der Waals surface area contributed by atoms with E-state index in [0.717, 1.165) is 38.8 Å². The maximum absolute atomic E-state index is 13.0. The summed E-state index contributed by atoms with van der Waals surface area (Å²) in [6.45, 7) is 5.58. The molecule has 0 aromatic heterocycles. The van der Waals surface area contributed by atoms with Gasteiger partial charge in [0.05, 0.1) is 17.3 Å². The number of nitrogens with zero attached hydrogens (tertiary/aromatic N) is 1. The molecule has 0 bridgehead atoms. The summed E-state index contributed by atoms with van der Waals surface area (Å²) in [5.41, 5.74) is 3.69. The summed E-state index contributed by atoms with van der Waals surface area (Å²) in [7, 11) is 0. The number of anilines is 1. The number of rotatable bonds is 15. The second-order valence-electron chi connectivity index (χ2n) is 11.1. The Kier molecular flexibility index (Phi) is 12.3. The molecule has 0 spiro atoms. The van der Waals surface area contributed by atoms with Gasteiger partial charge < -0.3 is 16.0 Å². The van der Waals surface area contributed by atoms with E-state index in [2.05, 4.69) is 88.4 Å². The van der Waals surface area contributed by atoms with Gasteiger partial charge in [0, 0.05) is 19.6 Å². The van der Waals surface area contributed by atoms with Crippen molar-refractivity contribution in [3.63, 3.8) is 0 Å². The summed E-state index contributed by atoms with van der Waals surface area (Å²) in [6, 6.07) is 28.8. The molecule has 41 heavy (non-hydrogen) atoms. The molecular weight excluding hydrogens is 508 g/mol. The van der Waals surface area contributed by atoms with E-state index in [9.17, 15) is 9.59 Å². The van der Waals surface area contributed by atoms with Gasteiger partial charge in [-0.1, -0.05) is 105 Å². The number of hydrogen-bond donors (Lipinski definition) is 3. The molecule has 1 fully saturated rings. The number of carbonyl (C=O) groups excluding carboxylic acids is 2. The molecule has 3 aromatic carbocycles. The molecule has 6 heteroatoms.